The lowest BCUT2D eigenvalue weighted by Crippen LogP contribution is -2.37. The van der Waals surface area contributed by atoms with Gasteiger partial charge in [0.2, 0.25) is 0 Å². The van der Waals surface area contributed by atoms with Gasteiger partial charge in [-0.1, -0.05) is 37.2 Å². The van der Waals surface area contributed by atoms with Crippen LogP contribution < -0.4 is 0 Å². The van der Waals surface area contributed by atoms with Crippen LogP contribution in [-0.4, -0.2) is 53.9 Å². The Bertz CT molecular complexity index is 945. The Hall–Kier alpha value is -3.09. The van der Waals surface area contributed by atoms with Crippen molar-refractivity contribution in [3.8, 4) is 5.75 Å². The molecule has 1 N–H and O–H groups in total. The van der Waals surface area contributed by atoms with Crippen molar-refractivity contribution in [1.82, 2.24) is 4.90 Å². The number of benzene rings is 1. The quantitative estimate of drug-likeness (QED) is 0.397. The molecule has 0 bridgehead atoms. The molecule has 0 aromatic heterocycles. The second kappa shape index (κ2) is 13.0. The van der Waals surface area contributed by atoms with Crippen LogP contribution in [0.4, 0.5) is 0 Å². The van der Waals surface area contributed by atoms with Crippen LogP contribution >= 0.6 is 0 Å². The number of piperidine rings is 1. The Morgan fingerprint density at radius 3 is 2.79 bits per heavy atom. The number of esters is 1. The number of fused-ring (bicyclic) bond motifs is 1. The minimum absolute atomic E-state index is 0.0671. The van der Waals surface area contributed by atoms with E-state index in [0.717, 1.165) is 44.3 Å². The highest BCUT2D eigenvalue weighted by atomic mass is 16.6. The number of phenolic OH excluding ortho intramolecular Hbond substituents is 1. The smallest absolute Gasteiger partial charge is 0.338 e. The van der Waals surface area contributed by atoms with Crippen LogP contribution in [0.1, 0.15) is 67.4 Å². The standard InChI is InChI=1S/C27H36N2O5/c1-3-21-17-24(30)18-22-16-23(28-34-19-25(31)29-13-6-4-7-14-29)12-9-11-20(2)10-5-8-15-33-27(32)26(21)22/h5,9-10,12,17-18,20,30H,3-4,6-8,11,13-16,19H2,1-2H3/b10-5+,12-9+,28-23+. The van der Waals surface area contributed by atoms with Gasteiger partial charge >= 0.3 is 5.97 Å². The minimum atomic E-state index is -0.408. The summed E-state index contributed by atoms with van der Waals surface area (Å²) in [6.07, 6.45) is 13.5. The number of oxime groups is 1. The fourth-order valence-electron chi connectivity index (χ4n) is 4.27. The van der Waals surface area contributed by atoms with Gasteiger partial charge in [0.25, 0.3) is 5.91 Å². The molecule has 1 aromatic carbocycles. The van der Waals surface area contributed by atoms with Crippen LogP contribution in [0.25, 0.3) is 0 Å². The molecular weight excluding hydrogens is 432 g/mol. The van der Waals surface area contributed by atoms with Crippen LogP contribution in [-0.2, 0) is 27.2 Å². The average molecular weight is 469 g/mol. The number of rotatable bonds is 4. The Balaban J connectivity index is 1.86. The lowest BCUT2D eigenvalue weighted by Gasteiger charge is -2.26. The first kappa shape index (κ1) is 25.5. The monoisotopic (exact) mass is 468 g/mol. The maximum absolute atomic E-state index is 12.9. The van der Waals surface area contributed by atoms with Crippen LogP contribution in [0.2, 0.25) is 0 Å². The lowest BCUT2D eigenvalue weighted by atomic mass is 9.94. The number of amides is 1. The summed E-state index contributed by atoms with van der Waals surface area (Å²) in [6.45, 7) is 5.75. The van der Waals surface area contributed by atoms with Gasteiger partial charge in [-0.2, -0.15) is 0 Å². The fraction of sp³-hybridized carbons (Fsp3) is 0.519. The number of allylic oxidation sites excluding steroid dienone is 3. The van der Waals surface area contributed by atoms with Crippen LogP contribution in [0.3, 0.4) is 0 Å². The first-order chi connectivity index (χ1) is 16.5. The van der Waals surface area contributed by atoms with E-state index in [1.54, 1.807) is 12.1 Å². The molecule has 2 heterocycles. The van der Waals surface area contributed by atoms with Gasteiger partial charge in [-0.25, -0.2) is 4.79 Å². The van der Waals surface area contributed by atoms with E-state index in [9.17, 15) is 14.7 Å². The highest BCUT2D eigenvalue weighted by Gasteiger charge is 2.20. The summed E-state index contributed by atoms with van der Waals surface area (Å²) in [5.74, 6) is -0.0659. The SMILES string of the molecule is CCc1cc(O)cc2c1C(=O)OCC/C=C/C(C)C/C=C/C(=N\OCC(=O)N1CCCCC1)C2. The molecule has 2 aliphatic heterocycles. The van der Waals surface area contributed by atoms with Crippen molar-refractivity contribution in [1.29, 1.82) is 0 Å². The molecule has 34 heavy (non-hydrogen) atoms. The number of likely N-dealkylation sites (tertiary alicyclic amines) is 1. The van der Waals surface area contributed by atoms with Gasteiger partial charge in [-0.3, -0.25) is 4.79 Å². The van der Waals surface area contributed by atoms with Crippen LogP contribution in [0, 0.1) is 5.92 Å². The van der Waals surface area contributed by atoms with Gasteiger partial charge in [0.05, 0.1) is 17.9 Å². The molecule has 0 aliphatic carbocycles. The summed E-state index contributed by atoms with van der Waals surface area (Å²) in [4.78, 5) is 32.7. The van der Waals surface area contributed by atoms with Crippen molar-refractivity contribution in [2.45, 2.75) is 58.8 Å². The molecule has 1 unspecified atom stereocenters. The van der Waals surface area contributed by atoms with E-state index in [1.807, 2.05) is 30.1 Å². The highest BCUT2D eigenvalue weighted by molar-refractivity contribution is 6.00. The van der Waals surface area contributed by atoms with E-state index in [-0.39, 0.29) is 24.7 Å². The Kier molecular flexibility index (Phi) is 9.74. The van der Waals surface area contributed by atoms with Gasteiger partial charge < -0.3 is 19.6 Å². The molecule has 1 atom stereocenters. The molecule has 7 nitrogen and oxygen atoms in total. The van der Waals surface area contributed by atoms with Crippen molar-refractivity contribution < 1.29 is 24.3 Å². The van der Waals surface area contributed by atoms with Crippen molar-refractivity contribution in [3.05, 3.63) is 53.1 Å². The predicted octanol–water partition coefficient (Wildman–Crippen LogP) is 4.58. The molecule has 2 aliphatic rings. The van der Waals surface area contributed by atoms with E-state index in [0.29, 0.717) is 42.2 Å². The Morgan fingerprint density at radius 2 is 2.03 bits per heavy atom. The first-order valence-corrected chi connectivity index (χ1v) is 12.3. The second-order valence-electron chi connectivity index (χ2n) is 8.93. The molecule has 1 saturated heterocycles. The number of cyclic esters (lactones) is 1. The van der Waals surface area contributed by atoms with Gasteiger partial charge in [0.15, 0.2) is 6.61 Å². The molecule has 7 heteroatoms. The Morgan fingerprint density at radius 1 is 1.24 bits per heavy atom. The fourth-order valence-corrected chi connectivity index (χ4v) is 4.27. The minimum Gasteiger partial charge on any atom is -0.508 e. The third-order valence-corrected chi connectivity index (χ3v) is 6.12. The van der Waals surface area contributed by atoms with E-state index < -0.39 is 5.97 Å². The number of carbonyl (C=O) groups excluding carboxylic acids is 2. The topological polar surface area (TPSA) is 88.4 Å². The molecule has 3 rings (SSSR count). The molecule has 0 spiro atoms. The number of hydrogen-bond acceptors (Lipinski definition) is 6. The maximum Gasteiger partial charge on any atom is 0.338 e. The molecular formula is C27H36N2O5. The van der Waals surface area contributed by atoms with Crippen molar-refractivity contribution in [3.63, 3.8) is 0 Å². The summed E-state index contributed by atoms with van der Waals surface area (Å²) < 4.78 is 5.53. The van der Waals surface area contributed by atoms with Crippen molar-refractivity contribution >= 4 is 17.6 Å². The third kappa shape index (κ3) is 7.47. The number of aromatic hydroxyl groups is 1. The zero-order valence-electron chi connectivity index (χ0n) is 20.3. The van der Waals surface area contributed by atoms with Gasteiger partial charge in [-0.15, -0.1) is 0 Å². The van der Waals surface area contributed by atoms with Crippen LogP contribution in [0.15, 0.2) is 41.6 Å². The molecule has 1 aromatic rings. The summed E-state index contributed by atoms with van der Waals surface area (Å²) in [6, 6.07) is 3.18. The first-order valence-electron chi connectivity index (χ1n) is 12.3. The largest absolute Gasteiger partial charge is 0.508 e. The second-order valence-corrected chi connectivity index (χ2v) is 8.93. The number of carbonyl (C=O) groups is 2. The summed E-state index contributed by atoms with van der Waals surface area (Å²) in [5, 5.41) is 14.5. The van der Waals surface area contributed by atoms with E-state index in [4.69, 9.17) is 9.57 Å². The van der Waals surface area contributed by atoms with Crippen molar-refractivity contribution in [2.75, 3.05) is 26.3 Å². The van der Waals surface area contributed by atoms with Crippen molar-refractivity contribution in [2.24, 2.45) is 11.1 Å². The normalized spacial score (nSPS) is 22.9. The molecule has 0 radical (unpaired) electrons. The number of nitrogens with zero attached hydrogens (tertiary/aromatic N) is 2. The lowest BCUT2D eigenvalue weighted by molar-refractivity contribution is -0.137. The maximum atomic E-state index is 12.9. The molecule has 1 amide bonds. The number of phenols is 1. The predicted molar refractivity (Wildman–Crippen MR) is 132 cm³/mol. The number of aryl methyl sites for hydroxylation is 1. The van der Waals surface area contributed by atoms with E-state index >= 15 is 0 Å². The number of hydrogen-bond donors (Lipinski definition) is 1. The summed E-state index contributed by atoms with van der Waals surface area (Å²) in [5.41, 5.74) is 2.37. The summed E-state index contributed by atoms with van der Waals surface area (Å²) >= 11 is 0. The average Bonchev–Trinajstić information content (AvgIpc) is 2.83. The zero-order valence-corrected chi connectivity index (χ0v) is 20.3. The molecule has 0 saturated carbocycles. The van der Waals surface area contributed by atoms with E-state index in [2.05, 4.69) is 18.2 Å². The van der Waals surface area contributed by atoms with Gasteiger partial charge in [0, 0.05) is 19.5 Å². The van der Waals surface area contributed by atoms with E-state index in [1.165, 1.54) is 0 Å². The third-order valence-electron chi connectivity index (χ3n) is 6.12. The zero-order chi connectivity index (χ0) is 24.3. The summed E-state index contributed by atoms with van der Waals surface area (Å²) in [7, 11) is 0. The van der Waals surface area contributed by atoms with Crippen LogP contribution in [0.5, 0.6) is 5.75 Å². The molecule has 184 valence electrons. The number of ether oxygens (including phenoxy) is 1. The molecule has 1 fully saturated rings. The van der Waals surface area contributed by atoms with Gasteiger partial charge in [-0.05, 0) is 73.8 Å². The van der Waals surface area contributed by atoms with Gasteiger partial charge in [0.1, 0.15) is 5.75 Å². The Labute approximate surface area is 202 Å². The highest BCUT2D eigenvalue weighted by Crippen LogP contribution is 2.25.